The molecule has 6 nitrogen and oxygen atoms in total. The molecular formula is C32H28Cl2N4O2. The molecule has 0 unspecified atom stereocenters. The number of halogens is 2. The number of nitrogens with one attached hydrogen (secondary N) is 1. The second kappa shape index (κ2) is 12.8. The molecule has 0 radical (unpaired) electrons. The molecule has 0 aliphatic carbocycles. The Hall–Kier alpha value is -4.13. The van der Waals surface area contributed by atoms with Crippen molar-refractivity contribution in [2.24, 2.45) is 0 Å². The number of methoxy groups -OCH3 is 1. The van der Waals surface area contributed by atoms with Crippen LogP contribution in [0.15, 0.2) is 97.1 Å². The maximum Gasteiger partial charge on any atom is 0.226 e. The predicted molar refractivity (Wildman–Crippen MR) is 164 cm³/mol. The van der Waals surface area contributed by atoms with E-state index in [0.717, 1.165) is 28.9 Å². The molecule has 1 amide bonds. The first kappa shape index (κ1) is 27.4. The van der Waals surface area contributed by atoms with Crippen molar-refractivity contribution < 1.29 is 9.53 Å². The Morgan fingerprint density at radius 1 is 0.875 bits per heavy atom. The lowest BCUT2D eigenvalue weighted by molar-refractivity contribution is -0.116. The van der Waals surface area contributed by atoms with Crippen LogP contribution in [-0.2, 0) is 11.2 Å². The number of hydrogen-bond acceptors (Lipinski definition) is 5. The minimum absolute atomic E-state index is 0.0948. The molecule has 0 saturated carbocycles. The largest absolute Gasteiger partial charge is 0.497 e. The summed E-state index contributed by atoms with van der Waals surface area (Å²) < 4.78 is 5.21. The standard InChI is InChI=1S/C32H28Cl2N4O2/c1-40-25-14-12-24(13-15-25)35-30(39)18-20-38(19-17-22-7-3-2-4-8-22)32-27-16-11-23(33)21-29(27)36-31(37-32)26-9-5-6-10-28(26)34/h2-16,21H,17-20H2,1H3,(H,35,39). The summed E-state index contributed by atoms with van der Waals surface area (Å²) in [5.41, 5.74) is 3.35. The molecule has 1 N–H and O–H groups in total. The highest BCUT2D eigenvalue weighted by atomic mass is 35.5. The number of nitrogens with zero attached hydrogens (tertiary/aromatic N) is 3. The lowest BCUT2D eigenvalue weighted by atomic mass is 10.1. The van der Waals surface area contributed by atoms with Gasteiger partial charge in [-0.05, 0) is 66.6 Å². The highest BCUT2D eigenvalue weighted by molar-refractivity contribution is 6.33. The lowest BCUT2D eigenvalue weighted by Gasteiger charge is -2.26. The van der Waals surface area contributed by atoms with E-state index in [1.807, 2.05) is 84.9 Å². The third-order valence-electron chi connectivity index (χ3n) is 6.55. The Labute approximate surface area is 243 Å². The van der Waals surface area contributed by atoms with Gasteiger partial charge in [-0.3, -0.25) is 4.79 Å². The first-order chi connectivity index (χ1) is 19.5. The summed E-state index contributed by atoms with van der Waals surface area (Å²) in [6.07, 6.45) is 1.04. The predicted octanol–water partition coefficient (Wildman–Crippen LogP) is 7.69. The fourth-order valence-electron chi connectivity index (χ4n) is 4.46. The Balaban J connectivity index is 1.47. The molecule has 1 aromatic heterocycles. The van der Waals surface area contributed by atoms with Crippen molar-refractivity contribution in [2.45, 2.75) is 12.8 Å². The Morgan fingerprint density at radius 3 is 2.38 bits per heavy atom. The zero-order valence-corrected chi connectivity index (χ0v) is 23.5. The van der Waals surface area contributed by atoms with Gasteiger partial charge in [0.15, 0.2) is 5.82 Å². The van der Waals surface area contributed by atoms with Crippen molar-refractivity contribution in [3.05, 3.63) is 113 Å². The van der Waals surface area contributed by atoms with Gasteiger partial charge < -0.3 is 15.0 Å². The van der Waals surface area contributed by atoms with Crippen LogP contribution in [0.1, 0.15) is 12.0 Å². The van der Waals surface area contributed by atoms with Gasteiger partial charge in [-0.25, -0.2) is 9.97 Å². The van der Waals surface area contributed by atoms with E-state index < -0.39 is 0 Å². The number of benzene rings is 4. The maximum atomic E-state index is 13.0. The number of fused-ring (bicyclic) bond motifs is 1. The molecule has 0 fully saturated rings. The van der Waals surface area contributed by atoms with Crippen LogP contribution in [0.5, 0.6) is 5.75 Å². The van der Waals surface area contributed by atoms with Gasteiger partial charge in [-0.15, -0.1) is 0 Å². The fourth-order valence-corrected chi connectivity index (χ4v) is 4.84. The van der Waals surface area contributed by atoms with Gasteiger partial charge in [0.1, 0.15) is 11.6 Å². The van der Waals surface area contributed by atoms with Crippen LogP contribution in [0, 0.1) is 0 Å². The molecule has 5 rings (SSSR count). The molecule has 0 bridgehead atoms. The zero-order chi connectivity index (χ0) is 27.9. The van der Waals surface area contributed by atoms with Gasteiger partial charge in [-0.2, -0.15) is 0 Å². The van der Waals surface area contributed by atoms with Crippen molar-refractivity contribution in [3.63, 3.8) is 0 Å². The summed E-state index contributed by atoms with van der Waals surface area (Å²) in [6.45, 7) is 1.10. The third-order valence-corrected chi connectivity index (χ3v) is 7.11. The monoisotopic (exact) mass is 570 g/mol. The van der Waals surface area contributed by atoms with Gasteiger partial charge in [0.25, 0.3) is 0 Å². The smallest absolute Gasteiger partial charge is 0.226 e. The second-order valence-corrected chi connectivity index (χ2v) is 10.1. The van der Waals surface area contributed by atoms with Crippen molar-refractivity contribution in [1.82, 2.24) is 9.97 Å². The van der Waals surface area contributed by atoms with Crippen LogP contribution in [-0.4, -0.2) is 36.1 Å². The minimum Gasteiger partial charge on any atom is -0.497 e. The molecule has 4 aromatic carbocycles. The number of rotatable bonds is 10. The molecule has 5 aromatic rings. The molecule has 8 heteroatoms. The summed E-state index contributed by atoms with van der Waals surface area (Å²) in [4.78, 5) is 24.9. The lowest BCUT2D eigenvalue weighted by Crippen LogP contribution is -2.31. The molecule has 0 aliphatic heterocycles. The van der Waals surface area contributed by atoms with E-state index in [1.54, 1.807) is 7.11 Å². The van der Waals surface area contributed by atoms with E-state index in [1.165, 1.54) is 5.56 Å². The van der Waals surface area contributed by atoms with Gasteiger partial charge >= 0.3 is 0 Å². The molecule has 0 atom stereocenters. The average Bonchev–Trinajstić information content (AvgIpc) is 2.97. The molecule has 0 spiro atoms. The van der Waals surface area contributed by atoms with Crippen molar-refractivity contribution in [3.8, 4) is 17.1 Å². The van der Waals surface area contributed by atoms with Crippen molar-refractivity contribution in [1.29, 1.82) is 0 Å². The summed E-state index contributed by atoms with van der Waals surface area (Å²) in [7, 11) is 1.61. The highest BCUT2D eigenvalue weighted by Gasteiger charge is 2.18. The van der Waals surface area contributed by atoms with Crippen LogP contribution < -0.4 is 15.0 Å². The SMILES string of the molecule is COc1ccc(NC(=O)CCN(CCc2ccccc2)c2nc(-c3ccccc3Cl)nc3cc(Cl)ccc23)cc1. The topological polar surface area (TPSA) is 67.3 Å². The molecule has 0 aliphatic rings. The summed E-state index contributed by atoms with van der Waals surface area (Å²) in [6, 6.07) is 30.6. The summed E-state index contributed by atoms with van der Waals surface area (Å²) >= 11 is 12.9. The fraction of sp³-hybridized carbons (Fsp3) is 0.156. The first-order valence-corrected chi connectivity index (χ1v) is 13.7. The molecule has 202 valence electrons. The van der Waals surface area contributed by atoms with E-state index >= 15 is 0 Å². The van der Waals surface area contributed by atoms with Gasteiger partial charge in [-0.1, -0.05) is 65.7 Å². The van der Waals surface area contributed by atoms with E-state index in [4.69, 9.17) is 37.9 Å². The van der Waals surface area contributed by atoms with Crippen molar-refractivity contribution >= 4 is 51.5 Å². The number of ether oxygens (including phenoxy) is 1. The first-order valence-electron chi connectivity index (χ1n) is 12.9. The quantitative estimate of drug-likeness (QED) is 0.186. The van der Waals surface area contributed by atoms with Crippen LogP contribution in [0.3, 0.4) is 0 Å². The number of carbonyl (C=O) groups excluding carboxylic acids is 1. The number of hydrogen-bond donors (Lipinski definition) is 1. The van der Waals surface area contributed by atoms with Gasteiger partial charge in [0.2, 0.25) is 5.91 Å². The van der Waals surface area contributed by atoms with Crippen LogP contribution in [0.4, 0.5) is 11.5 Å². The minimum atomic E-state index is -0.0948. The maximum absolute atomic E-state index is 13.0. The number of carbonyl (C=O) groups is 1. The van der Waals surface area contributed by atoms with Gasteiger partial charge in [0.05, 0.1) is 17.6 Å². The Kier molecular flexibility index (Phi) is 8.79. The average molecular weight is 572 g/mol. The second-order valence-electron chi connectivity index (χ2n) is 9.26. The Morgan fingerprint density at radius 2 is 1.62 bits per heavy atom. The molecular weight excluding hydrogens is 543 g/mol. The molecule has 0 saturated heterocycles. The molecule has 1 heterocycles. The van der Waals surface area contributed by atoms with E-state index in [-0.39, 0.29) is 12.3 Å². The highest BCUT2D eigenvalue weighted by Crippen LogP contribution is 2.32. The number of amides is 1. The summed E-state index contributed by atoms with van der Waals surface area (Å²) in [5, 5.41) is 4.97. The van der Waals surface area contributed by atoms with Crippen molar-refractivity contribution in [2.75, 3.05) is 30.4 Å². The number of aromatic nitrogens is 2. The number of anilines is 2. The van der Waals surface area contributed by atoms with Crippen LogP contribution in [0.2, 0.25) is 10.0 Å². The van der Waals surface area contributed by atoms with E-state index in [9.17, 15) is 4.79 Å². The zero-order valence-electron chi connectivity index (χ0n) is 22.0. The summed E-state index contributed by atoms with van der Waals surface area (Å²) in [5.74, 6) is 1.87. The van der Waals surface area contributed by atoms with E-state index in [2.05, 4.69) is 22.3 Å². The normalized spacial score (nSPS) is 10.9. The molecule has 40 heavy (non-hydrogen) atoms. The van der Waals surface area contributed by atoms with Gasteiger partial charge in [0, 0.05) is 41.2 Å². The van der Waals surface area contributed by atoms with Crippen LogP contribution >= 0.6 is 23.2 Å². The van der Waals surface area contributed by atoms with Crippen LogP contribution in [0.25, 0.3) is 22.3 Å². The van der Waals surface area contributed by atoms with E-state index in [0.29, 0.717) is 40.2 Å². The third kappa shape index (κ3) is 6.71. The Bertz CT molecular complexity index is 1610.